The average molecular weight is 526 g/mol. The van der Waals surface area contributed by atoms with Gasteiger partial charge in [0.25, 0.3) is 5.91 Å². The Balaban J connectivity index is 1.53. The average Bonchev–Trinajstić information content (AvgIpc) is 2.77. The molecule has 1 fully saturated rings. The Bertz CT molecular complexity index is 1160. The standard InChI is InChI=1S/C24H29ClFN3O5S/c1-17-13-28(14-18-2-6-21(26)7-3-18)10-11-29(17)24(31)15-34-23-9-5-20(25)12-19(23)4-8-22(30)16-35(27,32)33/h2-3,5-7,9,12,17H,4,8,10-11,13-16H2,1H3,(H2,27,32,33)/t17-/m1/s1. The summed E-state index contributed by atoms with van der Waals surface area (Å²) in [5.74, 6) is -1.26. The molecule has 35 heavy (non-hydrogen) atoms. The van der Waals surface area contributed by atoms with E-state index in [0.717, 1.165) is 5.56 Å². The SMILES string of the molecule is C[C@@H]1CN(Cc2ccc(F)cc2)CCN1C(=O)COc1ccc(Cl)cc1CCC(=O)CS(N)(=O)=O. The molecule has 0 aromatic heterocycles. The smallest absolute Gasteiger partial charge is 0.260 e. The highest BCUT2D eigenvalue weighted by molar-refractivity contribution is 7.89. The van der Waals surface area contributed by atoms with Crippen LogP contribution in [0.3, 0.4) is 0 Å². The number of carbonyl (C=O) groups is 2. The molecule has 0 bridgehead atoms. The van der Waals surface area contributed by atoms with Crippen LogP contribution in [-0.2, 0) is 32.6 Å². The summed E-state index contributed by atoms with van der Waals surface area (Å²) in [6, 6.07) is 11.2. The van der Waals surface area contributed by atoms with E-state index in [1.165, 1.54) is 12.1 Å². The minimum absolute atomic E-state index is 0.0270. The van der Waals surface area contributed by atoms with Crippen molar-refractivity contribution in [1.29, 1.82) is 0 Å². The first-order valence-electron chi connectivity index (χ1n) is 11.2. The molecule has 1 amide bonds. The molecule has 0 saturated carbocycles. The Hall–Kier alpha value is -2.53. The zero-order valence-corrected chi connectivity index (χ0v) is 21.0. The fourth-order valence-corrected chi connectivity index (χ4v) is 4.86. The number of aryl methyl sites for hydroxylation is 1. The van der Waals surface area contributed by atoms with Crippen LogP contribution in [0.2, 0.25) is 5.02 Å². The molecule has 2 aromatic rings. The van der Waals surface area contributed by atoms with Gasteiger partial charge in [0.05, 0.1) is 0 Å². The Morgan fingerprint density at radius 3 is 2.54 bits per heavy atom. The van der Waals surface area contributed by atoms with Crippen molar-refractivity contribution in [3.05, 3.63) is 64.4 Å². The van der Waals surface area contributed by atoms with Crippen LogP contribution in [-0.4, -0.2) is 67.9 Å². The van der Waals surface area contributed by atoms with Crippen LogP contribution in [0.4, 0.5) is 4.39 Å². The molecule has 1 aliphatic heterocycles. The predicted molar refractivity (Wildman–Crippen MR) is 131 cm³/mol. The van der Waals surface area contributed by atoms with Crippen LogP contribution >= 0.6 is 11.6 Å². The quantitative estimate of drug-likeness (QED) is 0.510. The second-order valence-corrected chi connectivity index (χ2v) is 10.7. The van der Waals surface area contributed by atoms with Gasteiger partial charge in [0.2, 0.25) is 10.0 Å². The molecule has 0 unspecified atom stereocenters. The minimum atomic E-state index is -3.88. The monoisotopic (exact) mass is 525 g/mol. The molecule has 1 heterocycles. The van der Waals surface area contributed by atoms with E-state index in [0.29, 0.717) is 42.5 Å². The molecule has 0 radical (unpaired) electrons. The molecule has 3 rings (SSSR count). The number of piperazine rings is 1. The van der Waals surface area contributed by atoms with Gasteiger partial charge >= 0.3 is 0 Å². The zero-order valence-electron chi connectivity index (χ0n) is 19.5. The van der Waals surface area contributed by atoms with Crippen molar-refractivity contribution >= 4 is 33.3 Å². The van der Waals surface area contributed by atoms with E-state index in [-0.39, 0.29) is 37.2 Å². The van der Waals surface area contributed by atoms with Crippen molar-refractivity contribution in [2.45, 2.75) is 32.4 Å². The van der Waals surface area contributed by atoms with E-state index in [9.17, 15) is 22.4 Å². The molecular weight excluding hydrogens is 497 g/mol. The van der Waals surface area contributed by atoms with Gasteiger partial charge in [-0.3, -0.25) is 14.5 Å². The van der Waals surface area contributed by atoms with E-state index in [1.54, 1.807) is 35.2 Å². The number of amides is 1. The van der Waals surface area contributed by atoms with Crippen molar-refractivity contribution in [1.82, 2.24) is 9.80 Å². The second kappa shape index (κ2) is 11.9. The molecule has 2 aromatic carbocycles. The number of carbonyl (C=O) groups excluding carboxylic acids is 2. The molecule has 190 valence electrons. The Labute approximate surface area is 209 Å². The third kappa shape index (κ3) is 8.57. The maximum Gasteiger partial charge on any atom is 0.260 e. The van der Waals surface area contributed by atoms with Crippen molar-refractivity contribution < 1.29 is 27.1 Å². The molecule has 11 heteroatoms. The number of rotatable bonds is 10. The van der Waals surface area contributed by atoms with Gasteiger partial charge in [-0.05, 0) is 54.8 Å². The first-order chi connectivity index (χ1) is 16.5. The number of hydrogen-bond donors (Lipinski definition) is 1. The van der Waals surface area contributed by atoms with Crippen LogP contribution in [0.15, 0.2) is 42.5 Å². The maximum atomic E-state index is 13.1. The topological polar surface area (TPSA) is 110 Å². The zero-order chi connectivity index (χ0) is 25.6. The highest BCUT2D eigenvalue weighted by Crippen LogP contribution is 2.25. The van der Waals surface area contributed by atoms with Gasteiger partial charge in [0.15, 0.2) is 6.61 Å². The summed E-state index contributed by atoms with van der Waals surface area (Å²) >= 11 is 6.07. The van der Waals surface area contributed by atoms with Crippen LogP contribution < -0.4 is 9.88 Å². The fourth-order valence-electron chi connectivity index (χ4n) is 4.07. The van der Waals surface area contributed by atoms with Gasteiger partial charge in [0.1, 0.15) is 23.1 Å². The van der Waals surface area contributed by atoms with Gasteiger partial charge in [-0.15, -0.1) is 0 Å². The number of benzene rings is 2. The van der Waals surface area contributed by atoms with Crippen LogP contribution in [0, 0.1) is 5.82 Å². The van der Waals surface area contributed by atoms with Gasteiger partial charge in [-0.2, -0.15) is 0 Å². The Kier molecular flexibility index (Phi) is 9.23. The third-order valence-electron chi connectivity index (χ3n) is 5.76. The summed E-state index contributed by atoms with van der Waals surface area (Å²) < 4.78 is 41.1. The lowest BCUT2D eigenvalue weighted by Gasteiger charge is -2.39. The highest BCUT2D eigenvalue weighted by Gasteiger charge is 2.27. The van der Waals surface area contributed by atoms with Crippen molar-refractivity contribution in [3.8, 4) is 5.75 Å². The normalized spacial score (nSPS) is 16.8. The van der Waals surface area contributed by atoms with Gasteiger partial charge in [-0.25, -0.2) is 17.9 Å². The highest BCUT2D eigenvalue weighted by atomic mass is 35.5. The van der Waals surface area contributed by atoms with Gasteiger partial charge < -0.3 is 9.64 Å². The first-order valence-corrected chi connectivity index (χ1v) is 13.3. The minimum Gasteiger partial charge on any atom is -0.483 e. The molecule has 0 aliphatic carbocycles. The maximum absolute atomic E-state index is 13.1. The largest absolute Gasteiger partial charge is 0.483 e. The van der Waals surface area contributed by atoms with E-state index in [1.807, 2.05) is 6.92 Å². The van der Waals surface area contributed by atoms with E-state index < -0.39 is 21.6 Å². The summed E-state index contributed by atoms with van der Waals surface area (Å²) in [5.41, 5.74) is 1.62. The van der Waals surface area contributed by atoms with Gasteiger partial charge in [-0.1, -0.05) is 23.7 Å². The number of hydrogen-bond acceptors (Lipinski definition) is 6. The summed E-state index contributed by atoms with van der Waals surface area (Å²) in [6.45, 7) is 4.39. The Morgan fingerprint density at radius 1 is 1.17 bits per heavy atom. The molecule has 1 atom stereocenters. The third-order valence-corrected chi connectivity index (χ3v) is 6.72. The summed E-state index contributed by atoms with van der Waals surface area (Å²) in [6.07, 6.45) is 0.158. The fraction of sp³-hybridized carbons (Fsp3) is 0.417. The van der Waals surface area contributed by atoms with Crippen LogP contribution in [0.1, 0.15) is 24.5 Å². The number of nitrogens with two attached hydrogens (primary N) is 1. The number of nitrogens with zero attached hydrogens (tertiary/aromatic N) is 2. The van der Waals surface area contributed by atoms with E-state index in [4.69, 9.17) is 21.5 Å². The first kappa shape index (κ1) is 27.1. The lowest BCUT2D eigenvalue weighted by molar-refractivity contribution is -0.138. The lowest BCUT2D eigenvalue weighted by atomic mass is 10.1. The van der Waals surface area contributed by atoms with Crippen molar-refractivity contribution in [2.75, 3.05) is 32.0 Å². The number of primary sulfonamides is 1. The molecule has 2 N–H and O–H groups in total. The van der Waals surface area contributed by atoms with Crippen LogP contribution in [0.5, 0.6) is 5.75 Å². The van der Waals surface area contributed by atoms with Crippen molar-refractivity contribution in [3.63, 3.8) is 0 Å². The molecular formula is C24H29ClFN3O5S. The van der Waals surface area contributed by atoms with E-state index in [2.05, 4.69) is 4.90 Å². The molecule has 1 saturated heterocycles. The summed E-state index contributed by atoms with van der Waals surface area (Å²) in [5, 5.41) is 5.36. The number of halogens is 2. The number of sulfonamides is 1. The summed E-state index contributed by atoms with van der Waals surface area (Å²) in [7, 11) is -3.88. The second-order valence-electron chi connectivity index (χ2n) is 8.68. The van der Waals surface area contributed by atoms with Gasteiger partial charge in [0, 0.05) is 43.7 Å². The van der Waals surface area contributed by atoms with Crippen molar-refractivity contribution in [2.24, 2.45) is 5.14 Å². The molecule has 1 aliphatic rings. The number of ketones is 1. The summed E-state index contributed by atoms with van der Waals surface area (Å²) in [4.78, 5) is 28.7. The molecule has 0 spiro atoms. The lowest BCUT2D eigenvalue weighted by Crippen LogP contribution is -2.54. The number of Topliss-reactive ketones (excluding diaryl/α,β-unsaturated/α-hetero) is 1. The molecule has 8 nitrogen and oxygen atoms in total. The van der Waals surface area contributed by atoms with E-state index >= 15 is 0 Å². The predicted octanol–water partition coefficient (Wildman–Crippen LogP) is 2.38. The Morgan fingerprint density at radius 2 is 1.89 bits per heavy atom. The number of ether oxygens (including phenoxy) is 1. The van der Waals surface area contributed by atoms with Crippen LogP contribution in [0.25, 0.3) is 0 Å².